The molecule has 0 aliphatic heterocycles. The highest BCUT2D eigenvalue weighted by Crippen LogP contribution is 2.31. The van der Waals surface area contributed by atoms with E-state index in [0.717, 1.165) is 73.6 Å². The second kappa shape index (κ2) is 8.40. The van der Waals surface area contributed by atoms with Crippen molar-refractivity contribution in [2.24, 2.45) is 0 Å². The molecular weight excluding hydrogens is 386 g/mol. The van der Waals surface area contributed by atoms with Crippen molar-refractivity contribution in [1.29, 1.82) is 0 Å². The fourth-order valence-corrected chi connectivity index (χ4v) is 6.29. The fraction of sp³-hybridized carbons (Fsp3) is 0.545. The molecule has 1 aromatic carbocycles. The van der Waals surface area contributed by atoms with Crippen LogP contribution in [-0.2, 0) is 29.3 Å². The third-order valence-corrected chi connectivity index (χ3v) is 7.84. The van der Waals surface area contributed by atoms with Gasteiger partial charge in [-0.2, -0.15) is 5.10 Å². The molecule has 0 unspecified atom stereocenters. The Morgan fingerprint density at radius 2 is 1.79 bits per heavy atom. The number of H-pyrrole nitrogens is 1. The van der Waals surface area contributed by atoms with Crippen molar-refractivity contribution in [2.45, 2.75) is 82.1 Å². The molecule has 29 heavy (non-hydrogen) atoms. The Hall–Kier alpha value is -1.99. The first-order chi connectivity index (χ1) is 14.0. The summed E-state index contributed by atoms with van der Waals surface area (Å²) < 4.78 is 29.4. The van der Waals surface area contributed by atoms with Crippen molar-refractivity contribution in [3.05, 3.63) is 45.2 Å². The topological polar surface area (TPSA) is 91.9 Å². The van der Waals surface area contributed by atoms with Gasteiger partial charge in [0.15, 0.2) is 0 Å². The summed E-state index contributed by atoms with van der Waals surface area (Å²) in [5.74, 6) is 0. The Morgan fingerprint density at radius 3 is 2.52 bits per heavy atom. The number of sulfonamides is 1. The van der Waals surface area contributed by atoms with Crippen molar-refractivity contribution >= 4 is 10.0 Å². The lowest BCUT2D eigenvalue weighted by Gasteiger charge is -2.23. The number of hydrogen-bond acceptors (Lipinski definition) is 4. The molecule has 2 aromatic rings. The number of nitrogens with zero attached hydrogens (tertiary/aromatic N) is 1. The van der Waals surface area contributed by atoms with Crippen LogP contribution in [0.4, 0.5) is 0 Å². The van der Waals surface area contributed by atoms with Crippen LogP contribution in [0.25, 0.3) is 11.3 Å². The maximum atomic E-state index is 13.2. The highest BCUT2D eigenvalue weighted by Gasteiger charge is 2.25. The molecule has 1 fully saturated rings. The first-order valence-corrected chi connectivity index (χ1v) is 12.2. The van der Waals surface area contributed by atoms with E-state index in [1.54, 1.807) is 6.07 Å². The molecule has 7 heteroatoms. The van der Waals surface area contributed by atoms with Crippen LogP contribution in [0.1, 0.15) is 68.6 Å². The van der Waals surface area contributed by atoms with E-state index in [1.807, 2.05) is 19.1 Å². The van der Waals surface area contributed by atoms with Gasteiger partial charge in [0.05, 0.1) is 10.6 Å². The van der Waals surface area contributed by atoms with Gasteiger partial charge in [0, 0.05) is 17.2 Å². The fourth-order valence-electron chi connectivity index (χ4n) is 4.65. The largest absolute Gasteiger partial charge is 0.268 e. The quantitative estimate of drug-likeness (QED) is 0.782. The third kappa shape index (κ3) is 4.16. The number of benzene rings is 1. The molecule has 1 heterocycles. The summed E-state index contributed by atoms with van der Waals surface area (Å²) in [6.07, 6.45) is 9.33. The van der Waals surface area contributed by atoms with Gasteiger partial charge < -0.3 is 0 Å². The molecular formula is C22H29N3O3S. The van der Waals surface area contributed by atoms with Gasteiger partial charge >= 0.3 is 0 Å². The Kier molecular flexibility index (Phi) is 5.88. The van der Waals surface area contributed by atoms with E-state index < -0.39 is 10.0 Å². The molecule has 156 valence electrons. The number of nitrogens with one attached hydrogen (secondary N) is 2. The maximum absolute atomic E-state index is 13.2. The van der Waals surface area contributed by atoms with Crippen LogP contribution in [-0.4, -0.2) is 24.7 Å². The average Bonchev–Trinajstić information content (AvgIpc) is 2.74. The van der Waals surface area contributed by atoms with Crippen LogP contribution >= 0.6 is 0 Å². The molecule has 0 spiro atoms. The number of aryl methyl sites for hydroxylation is 1. The summed E-state index contributed by atoms with van der Waals surface area (Å²) >= 11 is 0. The van der Waals surface area contributed by atoms with Crippen LogP contribution in [0.15, 0.2) is 27.9 Å². The molecule has 2 aliphatic carbocycles. The van der Waals surface area contributed by atoms with Gasteiger partial charge in [-0.25, -0.2) is 18.2 Å². The Labute approximate surface area is 172 Å². The molecule has 0 atom stereocenters. The first-order valence-electron chi connectivity index (χ1n) is 10.8. The van der Waals surface area contributed by atoms with Gasteiger partial charge in [-0.05, 0) is 62.1 Å². The maximum Gasteiger partial charge on any atom is 0.267 e. The van der Waals surface area contributed by atoms with Crippen molar-refractivity contribution in [1.82, 2.24) is 14.9 Å². The molecule has 2 N–H and O–H groups in total. The van der Waals surface area contributed by atoms with Crippen molar-refractivity contribution in [3.63, 3.8) is 0 Å². The van der Waals surface area contributed by atoms with E-state index in [4.69, 9.17) is 0 Å². The predicted molar refractivity (Wildman–Crippen MR) is 114 cm³/mol. The standard InChI is InChI=1S/C22H29N3O3S/c1-2-15-12-13-16(21-18-10-6-7-11-19(18)22(26)24-23-21)14-20(15)29(27,28)25-17-8-4-3-5-9-17/h12-14,17,25H,2-11H2,1H3,(H,24,26). The number of aromatic amines is 1. The molecule has 0 saturated heterocycles. The summed E-state index contributed by atoms with van der Waals surface area (Å²) in [6, 6.07) is 5.56. The monoisotopic (exact) mass is 415 g/mol. The predicted octanol–water partition coefficient (Wildman–Crippen LogP) is 3.49. The summed E-state index contributed by atoms with van der Waals surface area (Å²) in [5.41, 5.74) is 3.89. The second-order valence-electron chi connectivity index (χ2n) is 8.20. The van der Waals surface area contributed by atoms with Crippen LogP contribution in [0, 0.1) is 0 Å². The van der Waals surface area contributed by atoms with Crippen molar-refractivity contribution < 1.29 is 8.42 Å². The number of rotatable bonds is 5. The van der Waals surface area contributed by atoms with Gasteiger partial charge in [-0.1, -0.05) is 38.3 Å². The minimum absolute atomic E-state index is 0.0149. The lowest BCUT2D eigenvalue weighted by atomic mass is 9.89. The van der Waals surface area contributed by atoms with Gasteiger partial charge in [0.2, 0.25) is 10.0 Å². The van der Waals surface area contributed by atoms with Gasteiger partial charge in [0.1, 0.15) is 0 Å². The zero-order chi connectivity index (χ0) is 20.4. The first kappa shape index (κ1) is 20.3. The minimum atomic E-state index is -3.61. The van der Waals surface area contributed by atoms with Gasteiger partial charge in [0.25, 0.3) is 5.56 Å². The van der Waals surface area contributed by atoms with Crippen LogP contribution < -0.4 is 10.3 Å². The van der Waals surface area contributed by atoms with Crippen molar-refractivity contribution in [3.8, 4) is 11.3 Å². The molecule has 1 saturated carbocycles. The third-order valence-electron chi connectivity index (χ3n) is 6.24. The number of hydrogen-bond donors (Lipinski definition) is 2. The SMILES string of the molecule is CCc1ccc(-c2n[nH]c(=O)c3c2CCCC3)cc1S(=O)(=O)NC1CCCCC1. The molecule has 0 bridgehead atoms. The van der Waals surface area contributed by atoms with E-state index in [1.165, 1.54) is 6.42 Å². The number of aromatic nitrogens is 2. The molecule has 0 radical (unpaired) electrons. The van der Waals surface area contributed by atoms with E-state index in [2.05, 4.69) is 14.9 Å². The number of fused-ring (bicyclic) bond motifs is 1. The summed E-state index contributed by atoms with van der Waals surface area (Å²) in [6.45, 7) is 1.97. The van der Waals surface area contributed by atoms with Crippen molar-refractivity contribution in [2.75, 3.05) is 0 Å². The lowest BCUT2D eigenvalue weighted by molar-refractivity contribution is 0.412. The molecule has 1 aromatic heterocycles. The highest BCUT2D eigenvalue weighted by molar-refractivity contribution is 7.89. The highest BCUT2D eigenvalue weighted by atomic mass is 32.2. The molecule has 4 rings (SSSR count). The normalized spacial score (nSPS) is 17.8. The average molecular weight is 416 g/mol. The molecule has 2 aliphatic rings. The van der Waals surface area contributed by atoms with Crippen LogP contribution in [0.5, 0.6) is 0 Å². The minimum Gasteiger partial charge on any atom is -0.268 e. The second-order valence-corrected chi connectivity index (χ2v) is 9.88. The molecule has 0 amide bonds. The summed E-state index contributed by atoms with van der Waals surface area (Å²) in [5, 5.41) is 6.91. The Bertz CT molecular complexity index is 1050. The van der Waals surface area contributed by atoms with E-state index in [-0.39, 0.29) is 11.6 Å². The van der Waals surface area contributed by atoms with Gasteiger partial charge in [-0.15, -0.1) is 0 Å². The van der Waals surface area contributed by atoms with E-state index in [0.29, 0.717) is 17.0 Å². The Balaban J connectivity index is 1.75. The van der Waals surface area contributed by atoms with E-state index >= 15 is 0 Å². The summed E-state index contributed by atoms with van der Waals surface area (Å²) in [4.78, 5) is 12.5. The zero-order valence-electron chi connectivity index (χ0n) is 17.0. The van der Waals surface area contributed by atoms with Gasteiger partial charge in [-0.3, -0.25) is 4.79 Å². The van der Waals surface area contributed by atoms with E-state index in [9.17, 15) is 13.2 Å². The molecule has 6 nitrogen and oxygen atoms in total. The summed E-state index contributed by atoms with van der Waals surface area (Å²) in [7, 11) is -3.61. The van der Waals surface area contributed by atoms with Crippen LogP contribution in [0.3, 0.4) is 0 Å². The Morgan fingerprint density at radius 1 is 1.07 bits per heavy atom. The zero-order valence-corrected chi connectivity index (χ0v) is 17.8. The smallest absolute Gasteiger partial charge is 0.267 e. The van der Waals surface area contributed by atoms with Crippen LogP contribution in [0.2, 0.25) is 0 Å². The lowest BCUT2D eigenvalue weighted by Crippen LogP contribution is -2.36.